The largest absolute Gasteiger partial charge is 0.384 e. The number of unbranched alkanes of at least 4 members (excludes halogenated alkanes) is 3. The van der Waals surface area contributed by atoms with Crippen LogP contribution >= 0.6 is 0 Å². The number of rotatable bonds is 26. The van der Waals surface area contributed by atoms with Crippen LogP contribution in [0.5, 0.6) is 0 Å². The standard InChI is InChI=1S/C34H67N3O7/c1-12-13-14-18-28(38)35-19-16-15-17-27(37-30(40)34(8,9)26-44-25-33(6,7)22-42-11)29(39)36-20-31(2,3)23-43-24-32(4,5)21-41-10/h27H,12-26H2,1-11H3,(H,35,38)(H,36,39)(H,37,40). The van der Waals surface area contributed by atoms with Gasteiger partial charge in [0.05, 0.1) is 45.1 Å². The van der Waals surface area contributed by atoms with Gasteiger partial charge in [-0.2, -0.15) is 0 Å². The van der Waals surface area contributed by atoms with Gasteiger partial charge in [0.2, 0.25) is 17.7 Å². The molecule has 0 aliphatic carbocycles. The van der Waals surface area contributed by atoms with Gasteiger partial charge in [0.25, 0.3) is 0 Å². The Morgan fingerprint density at radius 2 is 1.20 bits per heavy atom. The van der Waals surface area contributed by atoms with Crippen molar-refractivity contribution in [2.24, 2.45) is 21.7 Å². The van der Waals surface area contributed by atoms with E-state index in [1.165, 1.54) is 0 Å². The van der Waals surface area contributed by atoms with Crippen molar-refractivity contribution < 1.29 is 33.3 Å². The number of methoxy groups -OCH3 is 2. The predicted octanol–water partition coefficient (Wildman–Crippen LogP) is 4.89. The molecule has 3 amide bonds. The smallest absolute Gasteiger partial charge is 0.242 e. The molecule has 3 N–H and O–H groups in total. The van der Waals surface area contributed by atoms with Gasteiger partial charge < -0.3 is 34.9 Å². The fraction of sp³-hybridized carbons (Fsp3) is 0.912. The molecule has 0 aromatic rings. The molecular formula is C34H67N3O7. The summed E-state index contributed by atoms with van der Waals surface area (Å²) in [5.41, 5.74) is -1.42. The van der Waals surface area contributed by atoms with E-state index >= 15 is 0 Å². The quantitative estimate of drug-likeness (QED) is 0.117. The lowest BCUT2D eigenvalue weighted by molar-refractivity contribution is -0.137. The van der Waals surface area contributed by atoms with Gasteiger partial charge in [0, 0.05) is 50.0 Å². The van der Waals surface area contributed by atoms with E-state index in [0.717, 1.165) is 25.7 Å². The zero-order valence-electron chi connectivity index (χ0n) is 30.0. The average molecular weight is 630 g/mol. The summed E-state index contributed by atoms with van der Waals surface area (Å²) in [5.74, 6) is -0.409. The summed E-state index contributed by atoms with van der Waals surface area (Å²) in [6.45, 7) is 21.9. The van der Waals surface area contributed by atoms with Crippen molar-refractivity contribution in [3.05, 3.63) is 0 Å². The van der Waals surface area contributed by atoms with E-state index in [-0.39, 0.29) is 40.6 Å². The first-order chi connectivity index (χ1) is 20.4. The lowest BCUT2D eigenvalue weighted by Crippen LogP contribution is -2.52. The topological polar surface area (TPSA) is 124 Å². The molecule has 0 aromatic heterocycles. The Morgan fingerprint density at radius 3 is 1.75 bits per heavy atom. The maximum Gasteiger partial charge on any atom is 0.242 e. The van der Waals surface area contributed by atoms with Crippen LogP contribution < -0.4 is 16.0 Å². The number of carbonyl (C=O) groups is 3. The summed E-state index contributed by atoms with van der Waals surface area (Å²) in [7, 11) is 3.34. The third kappa shape index (κ3) is 20.3. The molecule has 1 atom stereocenters. The summed E-state index contributed by atoms with van der Waals surface area (Å²) >= 11 is 0. The summed E-state index contributed by atoms with van der Waals surface area (Å²) in [6, 6.07) is -0.704. The zero-order chi connectivity index (χ0) is 33.9. The summed E-state index contributed by atoms with van der Waals surface area (Å²) in [6.07, 6.45) is 5.42. The molecule has 0 fully saturated rings. The molecule has 10 heteroatoms. The maximum atomic E-state index is 13.4. The van der Waals surface area contributed by atoms with Crippen LogP contribution in [0.1, 0.15) is 107 Å². The molecule has 0 saturated heterocycles. The first-order valence-corrected chi connectivity index (χ1v) is 16.4. The highest BCUT2D eigenvalue weighted by Crippen LogP contribution is 2.22. The van der Waals surface area contributed by atoms with Crippen molar-refractivity contribution in [3.8, 4) is 0 Å². The van der Waals surface area contributed by atoms with E-state index in [2.05, 4.69) is 36.7 Å². The second-order valence-corrected chi connectivity index (χ2v) is 15.3. The SMILES string of the molecule is CCCCCC(=O)NCCCCC(NC(=O)C(C)(C)COCC(C)(C)COC)C(=O)NCC(C)(C)COCC(C)(C)COC. The van der Waals surface area contributed by atoms with E-state index in [1.54, 1.807) is 14.2 Å². The predicted molar refractivity (Wildman–Crippen MR) is 176 cm³/mol. The summed E-state index contributed by atoms with van der Waals surface area (Å²) in [5, 5.41) is 9.00. The van der Waals surface area contributed by atoms with Gasteiger partial charge in [0.1, 0.15) is 6.04 Å². The highest BCUT2D eigenvalue weighted by Gasteiger charge is 2.33. The molecule has 260 valence electrons. The fourth-order valence-corrected chi connectivity index (χ4v) is 4.56. The van der Waals surface area contributed by atoms with Crippen LogP contribution in [-0.4, -0.2) is 90.7 Å². The first kappa shape index (κ1) is 42.2. The van der Waals surface area contributed by atoms with Crippen molar-refractivity contribution >= 4 is 17.7 Å². The van der Waals surface area contributed by atoms with Gasteiger partial charge in [-0.1, -0.05) is 61.3 Å². The minimum Gasteiger partial charge on any atom is -0.384 e. The molecule has 1 unspecified atom stereocenters. The molecule has 0 aliphatic rings. The Bertz CT molecular complexity index is 828. The number of hydrogen-bond acceptors (Lipinski definition) is 7. The Labute approximate surface area is 268 Å². The number of carbonyl (C=O) groups excluding carboxylic acids is 3. The molecule has 0 bridgehead atoms. The van der Waals surface area contributed by atoms with Gasteiger partial charge in [-0.3, -0.25) is 14.4 Å². The Hall–Kier alpha value is -1.75. The fourth-order valence-electron chi connectivity index (χ4n) is 4.56. The zero-order valence-corrected chi connectivity index (χ0v) is 30.0. The summed E-state index contributed by atoms with van der Waals surface area (Å²) < 4.78 is 22.4. The van der Waals surface area contributed by atoms with Gasteiger partial charge in [-0.05, 0) is 39.5 Å². The average Bonchev–Trinajstić information content (AvgIpc) is 2.90. The van der Waals surface area contributed by atoms with Crippen LogP contribution in [0.25, 0.3) is 0 Å². The number of amides is 3. The van der Waals surface area contributed by atoms with Crippen LogP contribution in [0.4, 0.5) is 0 Å². The van der Waals surface area contributed by atoms with Crippen molar-refractivity contribution in [1.29, 1.82) is 0 Å². The summed E-state index contributed by atoms with van der Waals surface area (Å²) in [4.78, 5) is 38.8. The van der Waals surface area contributed by atoms with Crippen molar-refractivity contribution in [2.45, 2.75) is 113 Å². The van der Waals surface area contributed by atoms with Crippen LogP contribution in [-0.2, 0) is 33.3 Å². The molecule has 10 nitrogen and oxygen atoms in total. The molecule has 0 rings (SSSR count). The van der Waals surface area contributed by atoms with E-state index < -0.39 is 11.5 Å². The highest BCUT2D eigenvalue weighted by atomic mass is 16.5. The van der Waals surface area contributed by atoms with E-state index in [9.17, 15) is 14.4 Å². The van der Waals surface area contributed by atoms with Crippen LogP contribution in [0, 0.1) is 21.7 Å². The van der Waals surface area contributed by atoms with Gasteiger partial charge in [-0.15, -0.1) is 0 Å². The minimum absolute atomic E-state index is 0.0616. The lowest BCUT2D eigenvalue weighted by Gasteiger charge is -2.31. The number of ether oxygens (including phenoxy) is 4. The second kappa shape index (κ2) is 21.1. The molecule has 0 aromatic carbocycles. The van der Waals surface area contributed by atoms with Crippen molar-refractivity contribution in [1.82, 2.24) is 16.0 Å². The molecule has 0 aliphatic heterocycles. The Balaban J connectivity index is 5.18. The van der Waals surface area contributed by atoms with Crippen molar-refractivity contribution in [2.75, 3.05) is 67.0 Å². The molecule has 0 spiro atoms. The van der Waals surface area contributed by atoms with Crippen LogP contribution in [0.2, 0.25) is 0 Å². The van der Waals surface area contributed by atoms with Gasteiger partial charge >= 0.3 is 0 Å². The lowest BCUT2D eigenvalue weighted by atomic mass is 9.91. The van der Waals surface area contributed by atoms with E-state index in [0.29, 0.717) is 65.4 Å². The normalized spacial score (nSPS) is 13.4. The van der Waals surface area contributed by atoms with Crippen molar-refractivity contribution in [3.63, 3.8) is 0 Å². The number of hydrogen-bond donors (Lipinski definition) is 3. The monoisotopic (exact) mass is 629 g/mol. The van der Waals surface area contributed by atoms with Gasteiger partial charge in [0.15, 0.2) is 0 Å². The molecule has 0 heterocycles. The number of nitrogens with one attached hydrogen (secondary N) is 3. The minimum atomic E-state index is -0.837. The Kier molecular flexibility index (Phi) is 20.3. The second-order valence-electron chi connectivity index (χ2n) is 15.3. The van der Waals surface area contributed by atoms with Crippen LogP contribution in [0.3, 0.4) is 0 Å². The van der Waals surface area contributed by atoms with E-state index in [4.69, 9.17) is 18.9 Å². The maximum absolute atomic E-state index is 13.4. The third-order valence-electron chi connectivity index (χ3n) is 7.24. The first-order valence-electron chi connectivity index (χ1n) is 16.4. The molecule has 44 heavy (non-hydrogen) atoms. The van der Waals surface area contributed by atoms with Gasteiger partial charge in [-0.25, -0.2) is 0 Å². The molecule has 0 radical (unpaired) electrons. The molecule has 0 saturated carbocycles. The Morgan fingerprint density at radius 1 is 0.659 bits per heavy atom. The van der Waals surface area contributed by atoms with Crippen LogP contribution in [0.15, 0.2) is 0 Å². The van der Waals surface area contributed by atoms with E-state index in [1.807, 2.05) is 41.5 Å². The molecular weight excluding hydrogens is 562 g/mol. The third-order valence-corrected chi connectivity index (χ3v) is 7.24. The highest BCUT2D eigenvalue weighted by molar-refractivity contribution is 5.89.